The molecule has 3 aromatic rings. The molecule has 0 radical (unpaired) electrons. The van der Waals surface area contributed by atoms with Gasteiger partial charge in [-0.3, -0.25) is 9.59 Å². The van der Waals surface area contributed by atoms with Crippen molar-refractivity contribution in [3.8, 4) is 6.07 Å². The summed E-state index contributed by atoms with van der Waals surface area (Å²) in [6, 6.07) is 32.7. The van der Waals surface area contributed by atoms with Crippen molar-refractivity contribution in [3.05, 3.63) is 102 Å². The summed E-state index contributed by atoms with van der Waals surface area (Å²) in [5, 5.41) is 10.6. The number of carbonyl (C=O) groups excluding carboxylic acids is 2. The number of benzene rings is 3. The second-order valence-electron chi connectivity index (χ2n) is 10.6. The fraction of sp³-hybridized carbons (Fsp3) is 0.382. The fourth-order valence-electron chi connectivity index (χ4n) is 6.24. The fourth-order valence-corrected chi connectivity index (χ4v) is 6.24. The molecule has 0 bridgehead atoms. The Balaban J connectivity index is 0.00000387. The number of anilines is 1. The van der Waals surface area contributed by atoms with Crippen LogP contribution in [0.5, 0.6) is 0 Å². The Kier molecular flexibility index (Phi) is 9.46. The summed E-state index contributed by atoms with van der Waals surface area (Å²) in [5.74, 6) is -0.392. The van der Waals surface area contributed by atoms with E-state index in [1.807, 2.05) is 91.0 Å². The number of hydrogen-bond donors (Lipinski definition) is 0. The van der Waals surface area contributed by atoms with Crippen molar-refractivity contribution in [2.24, 2.45) is 0 Å². The third-order valence-electron chi connectivity index (χ3n) is 8.42. The van der Waals surface area contributed by atoms with Gasteiger partial charge in [-0.1, -0.05) is 86.3 Å². The molecule has 41 heavy (non-hydrogen) atoms. The largest absolute Gasteiger partial charge is 0.465 e. The van der Waals surface area contributed by atoms with Crippen LogP contribution in [0.1, 0.15) is 44.7 Å². The highest BCUT2D eigenvalue weighted by molar-refractivity contribution is 5.95. The minimum atomic E-state index is -0.757. The van der Waals surface area contributed by atoms with Crippen molar-refractivity contribution in [1.82, 2.24) is 9.80 Å². The summed E-state index contributed by atoms with van der Waals surface area (Å²) in [5.41, 5.74) is 1.51. The molecule has 7 nitrogen and oxygen atoms in total. The molecule has 5 rings (SSSR count). The van der Waals surface area contributed by atoms with Crippen LogP contribution in [0.25, 0.3) is 0 Å². The van der Waals surface area contributed by atoms with E-state index in [1.165, 1.54) is 0 Å². The number of esters is 1. The van der Waals surface area contributed by atoms with Gasteiger partial charge in [-0.2, -0.15) is 5.26 Å². The molecule has 0 aliphatic carbocycles. The van der Waals surface area contributed by atoms with Gasteiger partial charge in [0.25, 0.3) is 5.91 Å². The number of para-hydroxylation sites is 1. The molecule has 2 heterocycles. The Bertz CT molecular complexity index is 1290. The Morgan fingerprint density at radius 1 is 0.927 bits per heavy atom. The highest BCUT2D eigenvalue weighted by atomic mass is 16.5. The highest BCUT2D eigenvalue weighted by Crippen LogP contribution is 2.40. The minimum Gasteiger partial charge on any atom is -0.465 e. The summed E-state index contributed by atoms with van der Waals surface area (Å²) >= 11 is 0. The van der Waals surface area contributed by atoms with E-state index in [9.17, 15) is 14.9 Å². The smallest absolute Gasteiger partial charge is 0.325 e. The summed E-state index contributed by atoms with van der Waals surface area (Å²) in [6.45, 7) is 4.58. The lowest BCUT2D eigenvalue weighted by Gasteiger charge is -2.44. The molecule has 0 atom stereocenters. The normalized spacial score (nSPS) is 16.7. The molecule has 0 saturated carbocycles. The topological polar surface area (TPSA) is 76.9 Å². The first kappa shape index (κ1) is 29.8. The molecular formula is C34H40N4O3. The SMILES string of the molecule is C.CCOC(=O)CN1CN(c2ccccc2)C2(CCN(CCC(C#N)(c3ccccc3)c3ccccc3)CC2)C1=O. The van der Waals surface area contributed by atoms with E-state index in [2.05, 4.69) is 15.9 Å². The average Bonchev–Trinajstić information content (AvgIpc) is 3.26. The van der Waals surface area contributed by atoms with Crippen LogP contribution in [0.15, 0.2) is 91.0 Å². The van der Waals surface area contributed by atoms with Crippen LogP contribution in [-0.4, -0.2) is 66.7 Å². The van der Waals surface area contributed by atoms with Gasteiger partial charge < -0.3 is 19.4 Å². The van der Waals surface area contributed by atoms with Gasteiger partial charge >= 0.3 is 5.97 Å². The van der Waals surface area contributed by atoms with E-state index in [1.54, 1.807) is 11.8 Å². The van der Waals surface area contributed by atoms with E-state index in [0.29, 0.717) is 32.5 Å². The first-order chi connectivity index (χ1) is 19.5. The van der Waals surface area contributed by atoms with Crippen LogP contribution < -0.4 is 4.90 Å². The molecule has 3 aromatic carbocycles. The van der Waals surface area contributed by atoms with E-state index in [0.717, 1.165) is 36.4 Å². The predicted molar refractivity (Wildman–Crippen MR) is 161 cm³/mol. The molecule has 1 amide bonds. The lowest BCUT2D eigenvalue weighted by atomic mass is 9.73. The second-order valence-corrected chi connectivity index (χ2v) is 10.6. The number of hydrogen-bond acceptors (Lipinski definition) is 6. The van der Waals surface area contributed by atoms with Crippen molar-refractivity contribution in [1.29, 1.82) is 5.26 Å². The van der Waals surface area contributed by atoms with Crippen molar-refractivity contribution in [3.63, 3.8) is 0 Å². The van der Waals surface area contributed by atoms with Crippen LogP contribution in [-0.2, 0) is 19.7 Å². The predicted octanol–water partition coefficient (Wildman–Crippen LogP) is 5.23. The van der Waals surface area contributed by atoms with E-state index in [-0.39, 0.29) is 25.8 Å². The maximum atomic E-state index is 13.9. The van der Waals surface area contributed by atoms with Gasteiger partial charge in [-0.15, -0.1) is 0 Å². The summed E-state index contributed by atoms with van der Waals surface area (Å²) < 4.78 is 5.15. The quantitative estimate of drug-likeness (QED) is 0.339. The summed E-state index contributed by atoms with van der Waals surface area (Å²) in [7, 11) is 0. The number of likely N-dealkylation sites (tertiary alicyclic amines) is 1. The number of carbonyl (C=O) groups is 2. The molecule has 1 spiro atoms. The Morgan fingerprint density at radius 3 is 1.98 bits per heavy atom. The third kappa shape index (κ3) is 5.84. The lowest BCUT2D eigenvalue weighted by molar-refractivity contribution is -0.148. The van der Waals surface area contributed by atoms with E-state index >= 15 is 0 Å². The number of ether oxygens (including phenoxy) is 1. The maximum Gasteiger partial charge on any atom is 0.325 e. The Hall–Kier alpha value is -4.15. The molecule has 7 heteroatoms. The zero-order chi connectivity index (χ0) is 28.0. The molecule has 2 fully saturated rings. The third-order valence-corrected chi connectivity index (χ3v) is 8.42. The number of rotatable bonds is 9. The molecule has 2 saturated heterocycles. The van der Waals surface area contributed by atoms with Gasteiger partial charge in [-0.05, 0) is 49.4 Å². The van der Waals surface area contributed by atoms with Gasteiger partial charge in [0, 0.05) is 25.3 Å². The van der Waals surface area contributed by atoms with Crippen molar-refractivity contribution in [2.45, 2.75) is 44.6 Å². The Morgan fingerprint density at radius 2 is 1.46 bits per heavy atom. The molecule has 214 valence electrons. The van der Waals surface area contributed by atoms with Crippen LogP contribution in [0.3, 0.4) is 0 Å². The molecular weight excluding hydrogens is 512 g/mol. The summed E-state index contributed by atoms with van der Waals surface area (Å²) in [4.78, 5) is 32.3. The number of nitriles is 1. The van der Waals surface area contributed by atoms with Gasteiger partial charge in [0.1, 0.15) is 17.5 Å². The van der Waals surface area contributed by atoms with Crippen molar-refractivity contribution < 1.29 is 14.3 Å². The van der Waals surface area contributed by atoms with E-state index < -0.39 is 11.0 Å². The van der Waals surface area contributed by atoms with E-state index in [4.69, 9.17) is 4.74 Å². The zero-order valence-electron chi connectivity index (χ0n) is 23.0. The van der Waals surface area contributed by atoms with Crippen LogP contribution in [0.2, 0.25) is 0 Å². The Labute approximate surface area is 243 Å². The van der Waals surface area contributed by atoms with Crippen LogP contribution in [0, 0.1) is 11.3 Å². The van der Waals surface area contributed by atoms with Crippen molar-refractivity contribution in [2.75, 3.05) is 44.4 Å². The first-order valence-electron chi connectivity index (χ1n) is 14.0. The monoisotopic (exact) mass is 552 g/mol. The average molecular weight is 553 g/mol. The number of piperidine rings is 1. The molecule has 0 aromatic heterocycles. The minimum absolute atomic E-state index is 0. The number of nitrogens with zero attached hydrogens (tertiary/aromatic N) is 4. The first-order valence-corrected chi connectivity index (χ1v) is 14.0. The van der Waals surface area contributed by atoms with Crippen LogP contribution >= 0.6 is 0 Å². The molecule has 2 aliphatic rings. The standard InChI is InChI=1S/C33H36N4O3.CH4/c1-2-40-30(38)24-36-26-37(29-16-10-5-11-17-29)33(31(36)39)19-22-35(23-20-33)21-18-32(25-34,27-12-6-3-7-13-27)28-14-8-4-9-15-28;/h3-17H,2,18-24,26H2,1H3;1H4. The second kappa shape index (κ2) is 13.0. The van der Waals surface area contributed by atoms with Crippen LogP contribution in [0.4, 0.5) is 5.69 Å². The van der Waals surface area contributed by atoms with Gasteiger partial charge in [-0.25, -0.2) is 0 Å². The maximum absolute atomic E-state index is 13.9. The van der Waals surface area contributed by atoms with Crippen molar-refractivity contribution >= 4 is 17.6 Å². The molecule has 0 N–H and O–H groups in total. The van der Waals surface area contributed by atoms with Gasteiger partial charge in [0.2, 0.25) is 0 Å². The molecule has 2 aliphatic heterocycles. The molecule has 0 unspecified atom stereocenters. The van der Waals surface area contributed by atoms with Gasteiger partial charge in [0.05, 0.1) is 19.3 Å². The summed E-state index contributed by atoms with van der Waals surface area (Å²) in [6.07, 6.45) is 1.95. The lowest BCUT2D eigenvalue weighted by Crippen LogP contribution is -2.57. The zero-order valence-corrected chi connectivity index (χ0v) is 23.0. The number of amides is 1. The highest BCUT2D eigenvalue weighted by Gasteiger charge is 2.54. The van der Waals surface area contributed by atoms with Gasteiger partial charge in [0.15, 0.2) is 0 Å².